The van der Waals surface area contributed by atoms with E-state index in [0.717, 1.165) is 36.0 Å². The van der Waals surface area contributed by atoms with E-state index in [1.807, 2.05) is 29.0 Å². The van der Waals surface area contributed by atoms with E-state index in [1.54, 1.807) is 23.5 Å². The Balaban J connectivity index is 1.91. The molecule has 0 aliphatic heterocycles. The van der Waals surface area contributed by atoms with Crippen LogP contribution in [-0.2, 0) is 0 Å². The number of thiophene rings is 1. The maximum absolute atomic E-state index is 10.2. The van der Waals surface area contributed by atoms with Gasteiger partial charge in [0.25, 0.3) is 0 Å². The second-order valence-corrected chi connectivity index (χ2v) is 5.73. The van der Waals surface area contributed by atoms with Gasteiger partial charge in [-0.1, -0.05) is 18.2 Å². The molecule has 1 aromatic carbocycles. The Labute approximate surface area is 122 Å². The molecule has 0 amide bonds. The fourth-order valence-corrected chi connectivity index (χ4v) is 3.15. The predicted molar refractivity (Wildman–Crippen MR) is 84.8 cm³/mol. The van der Waals surface area contributed by atoms with Gasteiger partial charge in [-0.15, -0.1) is 0 Å². The third kappa shape index (κ3) is 2.63. The van der Waals surface area contributed by atoms with Crippen molar-refractivity contribution in [1.82, 2.24) is 0 Å². The van der Waals surface area contributed by atoms with E-state index in [1.165, 1.54) is 0 Å². The first-order chi connectivity index (χ1) is 9.74. The molecule has 2 N–H and O–H groups in total. The topological polar surface area (TPSA) is 40.5 Å². The van der Waals surface area contributed by atoms with Crippen LogP contribution in [-0.4, -0.2) is 10.2 Å². The molecule has 0 atom stereocenters. The Hall–Kier alpha value is -2.00. The minimum absolute atomic E-state index is 0.156. The van der Waals surface area contributed by atoms with E-state index in [-0.39, 0.29) is 11.5 Å². The summed E-state index contributed by atoms with van der Waals surface area (Å²) < 4.78 is 0. The van der Waals surface area contributed by atoms with Crippen LogP contribution in [0, 0.1) is 0 Å². The van der Waals surface area contributed by atoms with Gasteiger partial charge in [-0.05, 0) is 64.9 Å². The molecule has 2 nitrogen and oxygen atoms in total. The summed E-state index contributed by atoms with van der Waals surface area (Å²) in [5, 5.41) is 24.4. The number of benzene rings is 1. The molecular weight excluding hydrogens is 268 g/mol. The maximum Gasteiger partial charge on any atom is 0.127 e. The highest BCUT2D eigenvalue weighted by Crippen LogP contribution is 2.40. The van der Waals surface area contributed by atoms with Crippen molar-refractivity contribution in [2.24, 2.45) is 0 Å². The monoisotopic (exact) mass is 284 g/mol. The first-order valence-corrected chi connectivity index (χ1v) is 7.64. The molecule has 0 fully saturated rings. The van der Waals surface area contributed by atoms with E-state index < -0.39 is 0 Å². The molecule has 0 radical (unpaired) electrons. The van der Waals surface area contributed by atoms with Crippen LogP contribution in [0.5, 0.6) is 11.5 Å². The molecule has 1 aliphatic rings. The van der Waals surface area contributed by atoms with E-state index in [9.17, 15) is 10.2 Å². The van der Waals surface area contributed by atoms with Gasteiger partial charge in [0, 0.05) is 0 Å². The van der Waals surface area contributed by atoms with Gasteiger partial charge >= 0.3 is 0 Å². The smallest absolute Gasteiger partial charge is 0.127 e. The molecule has 1 heterocycles. The molecule has 2 aromatic rings. The number of phenolic OH excluding ortho intramolecular Hbond substituents is 2. The number of hydrogen-bond donors (Lipinski definition) is 2. The quantitative estimate of drug-likeness (QED) is 0.841. The summed E-state index contributed by atoms with van der Waals surface area (Å²) >= 11 is 1.64. The van der Waals surface area contributed by atoms with E-state index in [0.29, 0.717) is 5.56 Å². The Bertz CT molecular complexity index is 643. The summed E-state index contributed by atoms with van der Waals surface area (Å²) in [5.41, 5.74) is 3.56. The number of rotatable bonds is 3. The van der Waals surface area contributed by atoms with Crippen LogP contribution >= 0.6 is 11.3 Å². The summed E-state index contributed by atoms with van der Waals surface area (Å²) in [7, 11) is 0. The van der Waals surface area contributed by atoms with Gasteiger partial charge in [0.15, 0.2) is 0 Å². The number of hydrogen-bond acceptors (Lipinski definition) is 3. The van der Waals surface area contributed by atoms with Crippen molar-refractivity contribution in [2.45, 2.75) is 19.3 Å². The van der Waals surface area contributed by atoms with E-state index in [4.69, 9.17) is 0 Å². The highest BCUT2D eigenvalue weighted by atomic mass is 32.1. The SMILES string of the molecule is Oc1cc(/C=C/c2ccsc2)cc(O)c1C1=CCCC1. The largest absolute Gasteiger partial charge is 0.507 e. The molecular formula is C17H16O2S. The minimum Gasteiger partial charge on any atom is -0.507 e. The maximum atomic E-state index is 10.2. The molecule has 0 saturated heterocycles. The number of allylic oxidation sites excluding steroid dienone is 2. The van der Waals surface area contributed by atoms with Crippen LogP contribution in [0.4, 0.5) is 0 Å². The lowest BCUT2D eigenvalue weighted by Gasteiger charge is -2.09. The van der Waals surface area contributed by atoms with Crippen LogP contribution in [0.1, 0.15) is 36.0 Å². The van der Waals surface area contributed by atoms with Crippen molar-refractivity contribution in [3.8, 4) is 11.5 Å². The standard InChI is InChI=1S/C17H16O2S/c18-15-9-13(6-5-12-7-8-20-11-12)10-16(19)17(15)14-3-1-2-4-14/h3,5-11,18-19H,1-2,4H2/b6-5+. The molecule has 0 unspecified atom stereocenters. The highest BCUT2D eigenvalue weighted by molar-refractivity contribution is 7.08. The molecule has 0 saturated carbocycles. The fraction of sp³-hybridized carbons (Fsp3) is 0.176. The van der Waals surface area contributed by atoms with Crippen LogP contribution in [0.15, 0.2) is 35.0 Å². The summed E-state index contributed by atoms with van der Waals surface area (Å²) in [4.78, 5) is 0. The Morgan fingerprint density at radius 1 is 1.05 bits per heavy atom. The fourth-order valence-electron chi connectivity index (χ4n) is 2.52. The lowest BCUT2D eigenvalue weighted by molar-refractivity contribution is 0.447. The number of phenols is 2. The zero-order valence-electron chi connectivity index (χ0n) is 11.0. The molecule has 3 heteroatoms. The van der Waals surface area contributed by atoms with Crippen LogP contribution in [0.2, 0.25) is 0 Å². The molecule has 20 heavy (non-hydrogen) atoms. The first kappa shape index (κ1) is 13.0. The number of aromatic hydroxyl groups is 2. The third-order valence-electron chi connectivity index (χ3n) is 3.49. The van der Waals surface area contributed by atoms with Gasteiger partial charge in [0.2, 0.25) is 0 Å². The summed E-state index contributed by atoms with van der Waals surface area (Å²) in [6.45, 7) is 0. The Morgan fingerprint density at radius 3 is 2.40 bits per heavy atom. The Morgan fingerprint density at radius 2 is 1.80 bits per heavy atom. The summed E-state index contributed by atoms with van der Waals surface area (Å²) in [6.07, 6.45) is 9.00. The summed E-state index contributed by atoms with van der Waals surface area (Å²) in [5.74, 6) is 0.311. The molecule has 102 valence electrons. The zero-order chi connectivity index (χ0) is 13.9. The van der Waals surface area contributed by atoms with Gasteiger partial charge in [-0.3, -0.25) is 0 Å². The lowest BCUT2D eigenvalue weighted by Crippen LogP contribution is -1.86. The average Bonchev–Trinajstić information content (AvgIpc) is 3.09. The minimum atomic E-state index is 0.156. The summed E-state index contributed by atoms with van der Waals surface area (Å²) in [6, 6.07) is 5.44. The van der Waals surface area contributed by atoms with Crippen molar-refractivity contribution in [1.29, 1.82) is 0 Å². The van der Waals surface area contributed by atoms with E-state index >= 15 is 0 Å². The van der Waals surface area contributed by atoms with Crippen molar-refractivity contribution < 1.29 is 10.2 Å². The van der Waals surface area contributed by atoms with Crippen molar-refractivity contribution in [3.05, 3.63) is 51.7 Å². The first-order valence-electron chi connectivity index (χ1n) is 6.70. The molecule has 1 aromatic heterocycles. The van der Waals surface area contributed by atoms with Gasteiger partial charge in [-0.2, -0.15) is 11.3 Å². The van der Waals surface area contributed by atoms with Gasteiger partial charge in [-0.25, -0.2) is 0 Å². The van der Waals surface area contributed by atoms with Crippen LogP contribution in [0.25, 0.3) is 17.7 Å². The predicted octanol–water partition coefficient (Wildman–Crippen LogP) is 4.90. The van der Waals surface area contributed by atoms with Crippen molar-refractivity contribution in [3.63, 3.8) is 0 Å². The average molecular weight is 284 g/mol. The van der Waals surface area contributed by atoms with Crippen LogP contribution in [0.3, 0.4) is 0 Å². The molecule has 0 spiro atoms. The lowest BCUT2D eigenvalue weighted by atomic mass is 10.0. The van der Waals surface area contributed by atoms with E-state index in [2.05, 4.69) is 6.08 Å². The molecule has 0 bridgehead atoms. The normalized spacial score (nSPS) is 14.9. The molecule has 3 rings (SSSR count). The van der Waals surface area contributed by atoms with Crippen LogP contribution < -0.4 is 0 Å². The van der Waals surface area contributed by atoms with Gasteiger partial charge < -0.3 is 10.2 Å². The second-order valence-electron chi connectivity index (χ2n) is 4.95. The zero-order valence-corrected chi connectivity index (χ0v) is 11.9. The van der Waals surface area contributed by atoms with Gasteiger partial charge in [0.1, 0.15) is 11.5 Å². The third-order valence-corrected chi connectivity index (χ3v) is 4.19. The Kier molecular flexibility index (Phi) is 3.61. The second kappa shape index (κ2) is 5.55. The van der Waals surface area contributed by atoms with Crippen molar-refractivity contribution >= 4 is 29.1 Å². The van der Waals surface area contributed by atoms with Crippen molar-refractivity contribution in [2.75, 3.05) is 0 Å². The van der Waals surface area contributed by atoms with Gasteiger partial charge in [0.05, 0.1) is 5.56 Å². The molecule has 1 aliphatic carbocycles. The highest BCUT2D eigenvalue weighted by Gasteiger charge is 2.16.